The van der Waals surface area contributed by atoms with Crippen LogP contribution in [0.25, 0.3) is 6.08 Å². The van der Waals surface area contributed by atoms with Crippen LogP contribution in [0.2, 0.25) is 0 Å². The topological polar surface area (TPSA) is 100 Å². The first kappa shape index (κ1) is 23.0. The summed E-state index contributed by atoms with van der Waals surface area (Å²) < 4.78 is 46.0. The minimum atomic E-state index is -3.50. The Labute approximate surface area is 165 Å². The highest BCUT2D eigenvalue weighted by atomic mass is 31.2. The second-order valence-corrected chi connectivity index (χ2v) is 10.6. The molecule has 0 heterocycles. The van der Waals surface area contributed by atoms with Gasteiger partial charge in [-0.05, 0) is 37.5 Å². The maximum atomic E-state index is 12.9. The third-order valence-corrected chi connectivity index (χ3v) is 8.93. The molecule has 28 heavy (non-hydrogen) atoms. The van der Waals surface area contributed by atoms with Crippen molar-refractivity contribution in [3.63, 3.8) is 0 Å². The van der Waals surface area contributed by atoms with E-state index in [1.165, 1.54) is 20.0 Å². The summed E-state index contributed by atoms with van der Waals surface area (Å²) in [7, 11) is -4.16. The molecule has 1 saturated carbocycles. The maximum absolute atomic E-state index is 12.9. The highest BCUT2D eigenvalue weighted by Crippen LogP contribution is 2.74. The first-order valence-electron chi connectivity index (χ1n) is 8.94. The van der Waals surface area contributed by atoms with Crippen LogP contribution in [0.3, 0.4) is 0 Å². The van der Waals surface area contributed by atoms with Gasteiger partial charge in [0, 0.05) is 26.0 Å². The summed E-state index contributed by atoms with van der Waals surface area (Å²) in [6.45, 7) is 4.07. The Hall–Kier alpha value is -1.27. The van der Waals surface area contributed by atoms with E-state index < -0.39 is 20.5 Å². The molecule has 8 nitrogen and oxygen atoms in total. The summed E-state index contributed by atoms with van der Waals surface area (Å²) in [6.07, 6.45) is 2.64. The molecule has 1 aliphatic carbocycles. The molecule has 1 aromatic carbocycles. The SMILES string of the molecule is CCOP(=O)(/C=C/c1ccc([C@@H]2C[C@]2(NC=O)P(=O)(OC)OC)cc1)OCC. The fraction of sp³-hybridized carbons (Fsp3) is 0.500. The molecule has 0 spiro atoms. The van der Waals surface area contributed by atoms with Gasteiger partial charge in [0.1, 0.15) is 5.28 Å². The number of carbonyl (C=O) groups excluding carboxylic acids is 1. The standard InChI is InChI=1S/C18H27NO7P2/c1-5-25-27(21,26-6-2)12-11-15-7-9-16(10-8-15)17-13-18(17,19-14-20)28(22,23-3)24-4/h7-12,14,17H,5-6,13H2,1-4H3,(H,19,20)/b12-11+/t17-,18-/m0/s1. The lowest BCUT2D eigenvalue weighted by Crippen LogP contribution is -2.33. The molecule has 2 atom stereocenters. The summed E-state index contributed by atoms with van der Waals surface area (Å²) in [5.74, 6) is 1.24. The second-order valence-electron chi connectivity index (χ2n) is 6.16. The zero-order valence-corrected chi connectivity index (χ0v) is 18.3. The molecule has 0 saturated heterocycles. The summed E-state index contributed by atoms with van der Waals surface area (Å²) in [6, 6.07) is 7.40. The van der Waals surface area contributed by atoms with E-state index in [4.69, 9.17) is 18.1 Å². The van der Waals surface area contributed by atoms with Crippen molar-refractivity contribution >= 4 is 27.7 Å². The lowest BCUT2D eigenvalue weighted by atomic mass is 10.1. The molecule has 0 unspecified atom stereocenters. The number of nitrogens with one attached hydrogen (secondary N) is 1. The number of amides is 1. The van der Waals surface area contributed by atoms with Gasteiger partial charge in [-0.1, -0.05) is 24.3 Å². The quantitative estimate of drug-likeness (QED) is 0.388. The van der Waals surface area contributed by atoms with Gasteiger partial charge in [-0.15, -0.1) is 0 Å². The normalized spacial score (nSPS) is 22.4. The molecule has 10 heteroatoms. The van der Waals surface area contributed by atoms with Crippen LogP contribution < -0.4 is 5.32 Å². The van der Waals surface area contributed by atoms with Crippen molar-refractivity contribution < 1.29 is 32.0 Å². The number of benzene rings is 1. The van der Waals surface area contributed by atoms with Gasteiger partial charge in [-0.2, -0.15) is 0 Å². The Bertz CT molecular complexity index is 778. The van der Waals surface area contributed by atoms with Crippen molar-refractivity contribution in [3.05, 3.63) is 41.2 Å². The minimum absolute atomic E-state index is 0.195. The van der Waals surface area contributed by atoms with Crippen LogP contribution in [0, 0.1) is 0 Å². The molecule has 0 bridgehead atoms. The Morgan fingerprint density at radius 3 is 2.14 bits per heavy atom. The van der Waals surface area contributed by atoms with E-state index in [9.17, 15) is 13.9 Å². The van der Waals surface area contributed by atoms with E-state index >= 15 is 0 Å². The van der Waals surface area contributed by atoms with E-state index in [2.05, 4.69) is 5.32 Å². The van der Waals surface area contributed by atoms with Crippen LogP contribution in [-0.4, -0.2) is 39.1 Å². The van der Waals surface area contributed by atoms with Gasteiger partial charge in [0.2, 0.25) is 6.41 Å². The van der Waals surface area contributed by atoms with Gasteiger partial charge in [-0.3, -0.25) is 13.9 Å². The predicted molar refractivity (Wildman–Crippen MR) is 107 cm³/mol. The number of hydrogen-bond acceptors (Lipinski definition) is 7. The molecule has 0 radical (unpaired) electrons. The van der Waals surface area contributed by atoms with Crippen molar-refractivity contribution in [1.82, 2.24) is 5.32 Å². The fourth-order valence-electron chi connectivity index (χ4n) is 3.19. The van der Waals surface area contributed by atoms with Crippen LogP contribution in [-0.2, 0) is 32.0 Å². The monoisotopic (exact) mass is 431 g/mol. The molecular formula is C18H27NO7P2. The van der Waals surface area contributed by atoms with Crippen molar-refractivity contribution in [1.29, 1.82) is 0 Å². The molecule has 1 aromatic rings. The van der Waals surface area contributed by atoms with Gasteiger partial charge in [0.05, 0.1) is 13.2 Å². The summed E-state index contributed by atoms with van der Waals surface area (Å²) in [5, 5.41) is 1.57. The average Bonchev–Trinajstić information content (AvgIpc) is 3.43. The molecule has 2 rings (SSSR count). The summed E-state index contributed by atoms with van der Waals surface area (Å²) in [5.41, 5.74) is 1.69. The second kappa shape index (κ2) is 9.49. The number of rotatable bonds is 12. The minimum Gasteiger partial charge on any atom is -0.342 e. The fourth-order valence-corrected chi connectivity index (χ4v) is 6.46. The molecular weight excluding hydrogens is 404 g/mol. The van der Waals surface area contributed by atoms with Crippen LogP contribution in [0.4, 0.5) is 0 Å². The van der Waals surface area contributed by atoms with Gasteiger partial charge < -0.3 is 23.4 Å². The smallest absolute Gasteiger partial charge is 0.342 e. The van der Waals surface area contributed by atoms with Crippen molar-refractivity contribution in [3.8, 4) is 0 Å². The van der Waals surface area contributed by atoms with Gasteiger partial charge in [0.25, 0.3) is 0 Å². The van der Waals surface area contributed by atoms with Crippen molar-refractivity contribution in [2.75, 3.05) is 27.4 Å². The highest BCUT2D eigenvalue weighted by molar-refractivity contribution is 7.57. The molecule has 1 N–H and O–H groups in total. The molecule has 1 amide bonds. The highest BCUT2D eigenvalue weighted by Gasteiger charge is 2.68. The molecule has 1 aliphatic rings. The molecule has 1 fully saturated rings. The molecule has 0 aromatic heterocycles. The van der Waals surface area contributed by atoms with Gasteiger partial charge in [0.15, 0.2) is 0 Å². The first-order chi connectivity index (χ1) is 13.3. The molecule has 156 valence electrons. The zero-order chi connectivity index (χ0) is 20.8. The van der Waals surface area contributed by atoms with Crippen LogP contribution >= 0.6 is 15.2 Å². The zero-order valence-electron chi connectivity index (χ0n) is 16.5. The van der Waals surface area contributed by atoms with E-state index in [0.29, 0.717) is 12.8 Å². The van der Waals surface area contributed by atoms with Crippen LogP contribution in [0.5, 0.6) is 0 Å². The van der Waals surface area contributed by atoms with Crippen molar-refractivity contribution in [2.24, 2.45) is 0 Å². The summed E-state index contributed by atoms with van der Waals surface area (Å²) >= 11 is 0. The molecule has 0 aliphatic heterocycles. The van der Waals surface area contributed by atoms with Crippen LogP contribution in [0.1, 0.15) is 37.3 Å². The Morgan fingerprint density at radius 1 is 1.11 bits per heavy atom. The van der Waals surface area contributed by atoms with E-state index in [1.807, 2.05) is 24.3 Å². The van der Waals surface area contributed by atoms with Crippen LogP contribution in [0.15, 0.2) is 30.1 Å². The van der Waals surface area contributed by atoms with E-state index in [0.717, 1.165) is 11.1 Å². The largest absolute Gasteiger partial charge is 0.355 e. The van der Waals surface area contributed by atoms with Gasteiger partial charge >= 0.3 is 15.2 Å². The van der Waals surface area contributed by atoms with Gasteiger partial charge in [-0.25, -0.2) is 0 Å². The Kier molecular flexibility index (Phi) is 7.80. The lowest BCUT2D eigenvalue weighted by molar-refractivity contribution is -0.110. The predicted octanol–water partition coefficient (Wildman–Crippen LogP) is 4.34. The lowest BCUT2D eigenvalue weighted by Gasteiger charge is -2.24. The Balaban J connectivity index is 2.19. The third kappa shape index (κ3) is 4.65. The Morgan fingerprint density at radius 2 is 1.68 bits per heavy atom. The third-order valence-electron chi connectivity index (χ3n) is 4.62. The number of hydrogen-bond donors (Lipinski definition) is 1. The van der Waals surface area contributed by atoms with E-state index in [1.54, 1.807) is 19.9 Å². The summed E-state index contributed by atoms with van der Waals surface area (Å²) in [4.78, 5) is 11.1. The van der Waals surface area contributed by atoms with E-state index in [-0.39, 0.29) is 19.1 Å². The maximum Gasteiger partial charge on any atom is 0.355 e. The first-order valence-corrected chi connectivity index (χ1v) is 12.1. The number of carbonyl (C=O) groups is 1. The van der Waals surface area contributed by atoms with Crippen molar-refractivity contribution in [2.45, 2.75) is 31.5 Å². The average molecular weight is 431 g/mol.